The Balaban J connectivity index is -0.0000000151. The Morgan fingerprint density at radius 2 is 0.552 bits per heavy atom. The summed E-state index contributed by atoms with van der Waals surface area (Å²) in [6.07, 6.45) is 0. The largest absolute Gasteiger partial charge is 3.00 e. The molecule has 0 unspecified atom stereocenters. The van der Waals surface area contributed by atoms with Crippen molar-refractivity contribution in [3.05, 3.63) is 0 Å². The average Bonchev–Trinajstić information content (AvgIpc) is 1.88. The quantitative estimate of drug-likeness (QED) is 0.0538. The van der Waals surface area contributed by atoms with Crippen LogP contribution < -0.4 is 20.4 Å². The first-order valence-electron chi connectivity index (χ1n) is 4.83. The van der Waals surface area contributed by atoms with Crippen LogP contribution in [-0.2, 0) is 49.9 Å². The third-order valence-corrected chi connectivity index (χ3v) is 0. The van der Waals surface area contributed by atoms with E-state index >= 15 is 0 Å². The minimum atomic E-state index is -10.7. The van der Waals surface area contributed by atoms with E-state index in [1.165, 1.54) is 27.7 Å². The summed E-state index contributed by atoms with van der Waals surface area (Å²) in [7, 11) is -10.7. The van der Waals surface area contributed by atoms with Crippen LogP contribution in [0.15, 0.2) is 0 Å². The van der Waals surface area contributed by atoms with Gasteiger partial charge in [0.15, 0.2) is 0 Å². The summed E-state index contributed by atoms with van der Waals surface area (Å²) in [5.74, 6) is -2.33. The molecular weight excluding hydrogens is 631 g/mol. The van der Waals surface area contributed by atoms with Gasteiger partial charge < -0.3 is 64.0 Å². The normalized spacial score (nSPS) is 9.03. The molecule has 12 nitrogen and oxygen atoms in total. The Labute approximate surface area is 187 Å². The molecule has 0 saturated heterocycles. The van der Waals surface area contributed by atoms with E-state index in [0.717, 1.165) is 0 Å². The van der Waals surface area contributed by atoms with Gasteiger partial charge in [-0.2, -0.15) is 0 Å². The molecule has 189 valence electrons. The summed E-state index contributed by atoms with van der Waals surface area (Å²) < 4.78 is 59.2. The Morgan fingerprint density at radius 1 is 0.552 bits per heavy atom. The molecule has 0 aliphatic carbocycles. The molecule has 0 atom stereocenters. The smallest absolute Gasteiger partial charge is 0.457 e. The van der Waals surface area contributed by atoms with Crippen LogP contribution in [0.4, 0.5) is 25.2 Å². The van der Waals surface area contributed by atoms with Crippen molar-refractivity contribution in [2.24, 2.45) is 0 Å². The van der Waals surface area contributed by atoms with Crippen LogP contribution in [0.3, 0.4) is 0 Å². The third-order valence-electron chi connectivity index (χ3n) is 0. The van der Waals surface area contributed by atoms with Gasteiger partial charge in [0.25, 0.3) is 0 Å². The van der Waals surface area contributed by atoms with E-state index in [4.69, 9.17) is 42.1 Å². The Bertz CT molecular complexity index is 341. The van der Waals surface area contributed by atoms with Gasteiger partial charge >= 0.3 is 71.9 Å². The van der Waals surface area contributed by atoms with E-state index in [9.17, 15) is 25.2 Å². The van der Waals surface area contributed by atoms with Gasteiger partial charge in [-0.15, -0.1) is 0 Å². The molecule has 0 rings (SSSR count). The molecule has 0 aromatic heterocycles. The minimum absolute atomic E-state index is 0. The summed E-state index contributed by atoms with van der Waals surface area (Å²) in [6, 6.07) is 0. The van der Waals surface area contributed by atoms with E-state index in [-0.39, 0.29) is 60.9 Å². The molecule has 0 amide bonds. The van der Waals surface area contributed by atoms with Crippen molar-refractivity contribution in [2.75, 3.05) is 0 Å². The molecule has 0 spiro atoms. The number of hydrogen-bond donors (Lipinski definition) is 4. The Kier molecular flexibility index (Phi) is 65.7. The van der Waals surface area contributed by atoms with Crippen molar-refractivity contribution in [1.29, 1.82) is 21.6 Å². The van der Waals surface area contributed by atoms with Crippen molar-refractivity contribution < 1.29 is 106 Å². The number of hydrogen-bond acceptors (Lipinski definition) is 8. The fourth-order valence-electron chi connectivity index (χ4n) is 0. The van der Waals surface area contributed by atoms with Gasteiger partial charge in [0.2, 0.25) is 0 Å². The Morgan fingerprint density at radius 3 is 0.552 bits per heavy atom. The van der Waals surface area contributed by atoms with E-state index in [1.807, 2.05) is 0 Å². The topological polar surface area (TPSA) is 317 Å². The van der Waals surface area contributed by atoms with Gasteiger partial charge in [0.1, 0.15) is 0 Å². The van der Waals surface area contributed by atoms with E-state index in [1.54, 1.807) is 0 Å². The first kappa shape index (κ1) is 70.6. The summed E-state index contributed by atoms with van der Waals surface area (Å²) in [4.78, 5) is 0. The zero-order valence-corrected chi connectivity index (χ0v) is 19.3. The fraction of sp³-hybridized carbons (Fsp3) is 0.500. The maximum absolute atomic E-state index is 10.7. The van der Waals surface area contributed by atoms with Crippen molar-refractivity contribution >= 4 is 31.4 Å². The van der Waals surface area contributed by atoms with Crippen LogP contribution in [0.2, 0.25) is 0 Å². The molecule has 21 heteroatoms. The molecule has 0 aromatic rings. The van der Waals surface area contributed by atoms with E-state index in [0.29, 0.717) is 0 Å². The van der Waals surface area contributed by atoms with Gasteiger partial charge in [-0.05, 0) is 51.3 Å². The summed E-state index contributed by atoms with van der Waals surface area (Å²) in [6.45, 7) is 4.78. The van der Waals surface area contributed by atoms with E-state index in [2.05, 4.69) is 0 Å². The summed E-state index contributed by atoms with van der Waals surface area (Å²) in [5, 5.41) is 60.2. The molecule has 0 fully saturated rings. The fourth-order valence-corrected chi connectivity index (χ4v) is 0. The second-order valence-electron chi connectivity index (χ2n) is 3.18. The maximum atomic E-state index is 9.87. The predicted octanol–water partition coefficient (Wildman–Crippen LogP) is -2.74. The number of rotatable bonds is 0. The molecule has 0 aromatic carbocycles. The number of halogens is 6. The molecule has 0 aliphatic heterocycles. The van der Waals surface area contributed by atoms with Gasteiger partial charge in [0.05, 0.1) is 0 Å². The minimum Gasteiger partial charge on any atom is -0.457 e. The second-order valence-corrected chi connectivity index (χ2v) is 5.10. The van der Waals surface area contributed by atoms with Gasteiger partial charge in [-0.25, -0.2) is 0 Å². The molecule has 29 heavy (non-hydrogen) atoms. The van der Waals surface area contributed by atoms with E-state index < -0.39 is 31.4 Å². The monoisotopic (exact) mass is 657 g/mol. The maximum Gasteiger partial charge on any atom is 3.00 e. The van der Waals surface area contributed by atoms with Crippen LogP contribution in [0.5, 0.6) is 0 Å². The number of nitrogens with one attached hydrogen (secondary N) is 4. The third kappa shape index (κ3) is 16100. The van der Waals surface area contributed by atoms with Crippen molar-refractivity contribution in [2.45, 2.75) is 27.7 Å². The molecule has 14 N–H and O–H groups in total. The zero-order chi connectivity index (χ0) is 20.7. The predicted molar refractivity (Wildman–Crippen MR) is 84.1 cm³/mol. The first-order chi connectivity index (χ1) is 9.38. The molecule has 0 saturated carbocycles. The van der Waals surface area contributed by atoms with Crippen LogP contribution in [-0.4, -0.2) is 34.5 Å². The first-order valence-corrected chi connectivity index (χ1v) is 6.86. The van der Waals surface area contributed by atoms with Crippen molar-refractivity contribution in [3.8, 4) is 0 Å². The molecule has 1 radical (unpaired) electrons. The second kappa shape index (κ2) is 27.0. The summed E-state index contributed by atoms with van der Waals surface area (Å²) >= 11 is 0. The zero-order valence-electron chi connectivity index (χ0n) is 15.2. The molecule has 0 heterocycles. The van der Waals surface area contributed by atoms with Gasteiger partial charge in [0, 0.05) is 0 Å². The Hall–Kier alpha value is -1.02. The van der Waals surface area contributed by atoms with Crippen LogP contribution >= 0.6 is 7.81 Å². The van der Waals surface area contributed by atoms with Crippen LogP contribution in [0.1, 0.15) is 27.7 Å². The summed E-state index contributed by atoms with van der Waals surface area (Å²) in [5.41, 5.74) is 0. The molecule has 0 bridgehead atoms. The van der Waals surface area contributed by atoms with Crippen molar-refractivity contribution in [1.82, 2.24) is 0 Å². The molecular formula is C8H26F6N4O8PRh2+2. The van der Waals surface area contributed by atoms with Crippen LogP contribution in [0.25, 0.3) is 0 Å². The van der Waals surface area contributed by atoms with Crippen molar-refractivity contribution in [3.63, 3.8) is 0 Å². The standard InChI is InChI=1S/4C2H5NO.F6P.4H2O.2Rh/c4*1-2(3)4;1-7(2,3,4,5)6;;;;;;/h4*1H3,(H2,3,4);;4*1H2;;/q;;;;-1;;;;;+2;+3/p-2. The average molecular weight is 657 g/mol. The van der Waals surface area contributed by atoms with Gasteiger partial charge in [-0.1, -0.05) is 0 Å². The van der Waals surface area contributed by atoms with Crippen LogP contribution in [0, 0.1) is 21.6 Å². The SMILES string of the molecule is CC(=N)[O-].CC(=N)[O-].CC(=N)[O-].CC(=N)[O-].F[P-](F)(F)(F)(F)F.O.O.[OH3+].[OH3+].[Rh+2].[Rh+3]. The van der Waals surface area contributed by atoms with Gasteiger partial charge in [-0.3, -0.25) is 0 Å². The molecule has 0 aliphatic rings.